The minimum absolute atomic E-state index is 0.0433. The molecule has 0 heterocycles. The van der Waals surface area contributed by atoms with Crippen LogP contribution in [-0.4, -0.2) is 51.4 Å². The van der Waals surface area contributed by atoms with E-state index in [0.29, 0.717) is 12.3 Å². The minimum atomic E-state index is -4.19. The molecule has 0 aromatic heterocycles. The highest BCUT2D eigenvalue weighted by Gasteiger charge is 2.33. The molecule has 0 saturated heterocycles. The Morgan fingerprint density at radius 1 is 1.00 bits per heavy atom. The van der Waals surface area contributed by atoms with Crippen LogP contribution in [-0.2, 0) is 26.2 Å². The van der Waals surface area contributed by atoms with Crippen LogP contribution in [0.2, 0.25) is 0 Å². The van der Waals surface area contributed by atoms with Crippen LogP contribution in [0.25, 0.3) is 0 Å². The van der Waals surface area contributed by atoms with Gasteiger partial charge in [-0.3, -0.25) is 13.9 Å². The molecule has 3 rings (SSSR count). The number of nitrogens with zero attached hydrogens (tertiary/aromatic N) is 2. The summed E-state index contributed by atoms with van der Waals surface area (Å²) >= 11 is 3.46. The molecule has 0 radical (unpaired) electrons. The standard InChI is InChI=1S/C30H36BrN3O5S/c1-6-16-32-30(36)23(4)33(19-24-8-7-9-25(31)18-24)29(35)20-34(27-17-22(3)12-15-28(27)39-5)40(37,38)26-13-10-21(2)11-14-26/h7-15,17-18,23H,6,16,19-20H2,1-5H3,(H,32,36)/t23-/m0/s1. The van der Waals surface area contributed by atoms with Gasteiger partial charge in [-0.25, -0.2) is 8.42 Å². The highest BCUT2D eigenvalue weighted by molar-refractivity contribution is 9.10. The van der Waals surface area contributed by atoms with E-state index in [1.54, 1.807) is 37.3 Å². The zero-order chi connectivity index (χ0) is 29.4. The lowest BCUT2D eigenvalue weighted by Crippen LogP contribution is -2.51. The average molecular weight is 631 g/mol. The molecule has 2 amide bonds. The summed E-state index contributed by atoms with van der Waals surface area (Å²) in [6.07, 6.45) is 0.744. The SMILES string of the molecule is CCCNC(=O)[C@H](C)N(Cc1cccc(Br)c1)C(=O)CN(c1cc(C)ccc1OC)S(=O)(=O)c1ccc(C)cc1. The Labute approximate surface area is 245 Å². The van der Waals surface area contributed by atoms with Gasteiger partial charge in [0.05, 0.1) is 17.7 Å². The zero-order valence-electron chi connectivity index (χ0n) is 23.5. The van der Waals surface area contributed by atoms with Gasteiger partial charge in [-0.05, 0) is 74.7 Å². The first-order valence-electron chi connectivity index (χ1n) is 13.0. The number of ether oxygens (including phenoxy) is 1. The molecule has 0 unspecified atom stereocenters. The largest absolute Gasteiger partial charge is 0.495 e. The number of rotatable bonds is 12. The van der Waals surface area contributed by atoms with Crippen molar-refractivity contribution < 1.29 is 22.7 Å². The number of amides is 2. The van der Waals surface area contributed by atoms with E-state index in [-0.39, 0.29) is 23.0 Å². The van der Waals surface area contributed by atoms with Gasteiger partial charge in [-0.15, -0.1) is 0 Å². The number of methoxy groups -OCH3 is 1. The summed E-state index contributed by atoms with van der Waals surface area (Å²) < 4.78 is 35.5. The Hall–Kier alpha value is -3.37. The van der Waals surface area contributed by atoms with E-state index in [4.69, 9.17) is 4.74 Å². The van der Waals surface area contributed by atoms with E-state index in [1.165, 1.54) is 24.1 Å². The Kier molecular flexibility index (Phi) is 10.8. The molecule has 8 nitrogen and oxygen atoms in total. The number of sulfonamides is 1. The molecule has 0 aliphatic heterocycles. The van der Waals surface area contributed by atoms with Crippen molar-refractivity contribution in [3.8, 4) is 5.75 Å². The van der Waals surface area contributed by atoms with E-state index in [9.17, 15) is 18.0 Å². The molecule has 40 heavy (non-hydrogen) atoms. The molecule has 1 N–H and O–H groups in total. The van der Waals surface area contributed by atoms with Crippen molar-refractivity contribution in [3.05, 3.63) is 87.9 Å². The molecule has 214 valence electrons. The maximum absolute atomic E-state index is 14.0. The lowest BCUT2D eigenvalue weighted by molar-refractivity contribution is -0.139. The fourth-order valence-corrected chi connectivity index (χ4v) is 6.02. The molecule has 0 saturated carbocycles. The lowest BCUT2D eigenvalue weighted by Gasteiger charge is -2.32. The molecule has 0 aliphatic rings. The summed E-state index contributed by atoms with van der Waals surface area (Å²) in [6.45, 7) is 7.34. The molecule has 3 aromatic rings. The summed E-state index contributed by atoms with van der Waals surface area (Å²) in [5, 5.41) is 2.84. The van der Waals surface area contributed by atoms with Gasteiger partial charge in [0.25, 0.3) is 10.0 Å². The number of anilines is 1. The maximum Gasteiger partial charge on any atom is 0.264 e. The van der Waals surface area contributed by atoms with Gasteiger partial charge < -0.3 is 15.0 Å². The Morgan fingerprint density at radius 2 is 1.68 bits per heavy atom. The van der Waals surface area contributed by atoms with E-state index in [0.717, 1.165) is 31.9 Å². The number of nitrogens with one attached hydrogen (secondary N) is 1. The molecule has 1 atom stereocenters. The predicted molar refractivity (Wildman–Crippen MR) is 161 cm³/mol. The number of halogens is 1. The first kappa shape index (κ1) is 31.2. The molecule has 0 fully saturated rings. The van der Waals surface area contributed by atoms with E-state index >= 15 is 0 Å². The van der Waals surface area contributed by atoms with Crippen LogP contribution in [0, 0.1) is 13.8 Å². The fourth-order valence-electron chi connectivity index (χ4n) is 4.16. The van der Waals surface area contributed by atoms with Gasteiger partial charge in [0.1, 0.15) is 18.3 Å². The number of benzene rings is 3. The topological polar surface area (TPSA) is 96.0 Å². The number of aryl methyl sites for hydroxylation is 2. The normalized spacial score (nSPS) is 11.9. The van der Waals surface area contributed by atoms with Gasteiger partial charge in [-0.2, -0.15) is 0 Å². The third-order valence-corrected chi connectivity index (χ3v) is 8.72. The van der Waals surface area contributed by atoms with Gasteiger partial charge in [0.15, 0.2) is 0 Å². The van der Waals surface area contributed by atoms with Crippen molar-refractivity contribution in [2.45, 2.75) is 51.6 Å². The Balaban J connectivity index is 2.09. The summed E-state index contributed by atoms with van der Waals surface area (Å²) in [4.78, 5) is 28.5. The van der Waals surface area contributed by atoms with Crippen LogP contribution in [0.4, 0.5) is 5.69 Å². The maximum atomic E-state index is 14.0. The second-order valence-electron chi connectivity index (χ2n) is 9.62. The van der Waals surface area contributed by atoms with Crippen molar-refractivity contribution in [3.63, 3.8) is 0 Å². The molecule has 0 aliphatic carbocycles. The molecule has 0 bridgehead atoms. The lowest BCUT2D eigenvalue weighted by atomic mass is 10.1. The average Bonchev–Trinajstić information content (AvgIpc) is 2.93. The summed E-state index contributed by atoms with van der Waals surface area (Å²) in [7, 11) is -2.74. The van der Waals surface area contributed by atoms with Crippen LogP contribution >= 0.6 is 15.9 Å². The van der Waals surface area contributed by atoms with Crippen LogP contribution in [0.3, 0.4) is 0 Å². The monoisotopic (exact) mass is 629 g/mol. The van der Waals surface area contributed by atoms with E-state index in [2.05, 4.69) is 21.2 Å². The quantitative estimate of drug-likeness (QED) is 0.297. The number of hydrogen-bond acceptors (Lipinski definition) is 5. The third-order valence-electron chi connectivity index (χ3n) is 6.45. The highest BCUT2D eigenvalue weighted by atomic mass is 79.9. The van der Waals surface area contributed by atoms with Crippen LogP contribution in [0.5, 0.6) is 5.75 Å². The molecule has 10 heteroatoms. The minimum Gasteiger partial charge on any atom is -0.495 e. The Bertz CT molecular complexity index is 1440. The van der Waals surface area contributed by atoms with Crippen molar-refractivity contribution in [1.82, 2.24) is 10.2 Å². The van der Waals surface area contributed by atoms with Crippen LogP contribution in [0.1, 0.15) is 37.0 Å². The van der Waals surface area contributed by atoms with Gasteiger partial charge in [-0.1, -0.05) is 58.7 Å². The van der Waals surface area contributed by atoms with Crippen molar-refractivity contribution in [2.75, 3.05) is 24.5 Å². The van der Waals surface area contributed by atoms with Gasteiger partial charge >= 0.3 is 0 Å². The summed E-state index contributed by atoms with van der Waals surface area (Å²) in [6, 6.07) is 18.2. The van der Waals surface area contributed by atoms with Crippen molar-refractivity contribution >= 4 is 43.5 Å². The fraction of sp³-hybridized carbons (Fsp3) is 0.333. The summed E-state index contributed by atoms with van der Waals surface area (Å²) in [5.74, 6) is -0.536. The van der Waals surface area contributed by atoms with Crippen LogP contribution < -0.4 is 14.4 Å². The second kappa shape index (κ2) is 13.8. The smallest absolute Gasteiger partial charge is 0.264 e. The number of carbonyl (C=O) groups excluding carboxylic acids is 2. The van der Waals surface area contributed by atoms with Gasteiger partial charge in [0, 0.05) is 17.6 Å². The number of hydrogen-bond donors (Lipinski definition) is 1. The third kappa shape index (κ3) is 7.63. The molecular formula is C30H36BrN3O5S. The van der Waals surface area contributed by atoms with Crippen LogP contribution in [0.15, 0.2) is 76.1 Å². The zero-order valence-corrected chi connectivity index (χ0v) is 25.9. The van der Waals surface area contributed by atoms with E-state index < -0.39 is 28.5 Å². The number of carbonyl (C=O) groups is 2. The molecule has 0 spiro atoms. The second-order valence-corrected chi connectivity index (χ2v) is 12.4. The van der Waals surface area contributed by atoms with Crippen molar-refractivity contribution in [2.24, 2.45) is 0 Å². The van der Waals surface area contributed by atoms with Crippen molar-refractivity contribution in [1.29, 1.82) is 0 Å². The molecular weight excluding hydrogens is 594 g/mol. The van der Waals surface area contributed by atoms with E-state index in [1.807, 2.05) is 45.0 Å². The summed E-state index contributed by atoms with van der Waals surface area (Å²) in [5.41, 5.74) is 2.73. The predicted octanol–water partition coefficient (Wildman–Crippen LogP) is 5.21. The first-order chi connectivity index (χ1) is 19.0. The Morgan fingerprint density at radius 3 is 2.30 bits per heavy atom. The van der Waals surface area contributed by atoms with Gasteiger partial charge in [0.2, 0.25) is 11.8 Å². The highest BCUT2D eigenvalue weighted by Crippen LogP contribution is 2.34. The molecule has 3 aromatic carbocycles. The first-order valence-corrected chi connectivity index (χ1v) is 15.3.